The third-order valence-electron chi connectivity index (χ3n) is 6.40. The molecule has 0 unspecified atom stereocenters. The number of hydrogen-bond donors (Lipinski definition) is 0. The van der Waals surface area contributed by atoms with E-state index in [0.717, 1.165) is 18.5 Å². The predicted molar refractivity (Wildman–Crippen MR) is 107 cm³/mol. The molecular formula is C20H27ClN2O2Si. The van der Waals surface area contributed by atoms with Gasteiger partial charge in [-0.2, -0.15) is 5.26 Å². The second kappa shape index (κ2) is 6.08. The quantitative estimate of drug-likeness (QED) is 0.673. The third kappa shape index (κ3) is 2.89. The number of halogens is 1. The number of nitrogens with zero attached hydrogens (tertiary/aromatic N) is 2. The molecule has 0 aromatic heterocycles. The summed E-state index contributed by atoms with van der Waals surface area (Å²) in [6, 6.07) is 7.22. The van der Waals surface area contributed by atoms with E-state index in [2.05, 4.69) is 46.9 Å². The molecule has 1 aliphatic heterocycles. The van der Waals surface area contributed by atoms with Crippen molar-refractivity contribution in [3.8, 4) is 6.07 Å². The summed E-state index contributed by atoms with van der Waals surface area (Å²) < 4.78 is 6.74. The fourth-order valence-corrected chi connectivity index (χ4v) is 5.21. The Kier molecular flexibility index (Phi) is 4.54. The molecule has 6 heteroatoms. The van der Waals surface area contributed by atoms with E-state index in [1.165, 1.54) is 0 Å². The average molecular weight is 391 g/mol. The van der Waals surface area contributed by atoms with E-state index in [0.29, 0.717) is 10.6 Å². The molecule has 0 N–H and O–H groups in total. The van der Waals surface area contributed by atoms with E-state index in [4.69, 9.17) is 21.3 Å². The van der Waals surface area contributed by atoms with Crippen molar-refractivity contribution in [3.63, 3.8) is 0 Å². The van der Waals surface area contributed by atoms with Gasteiger partial charge in [-0.1, -0.05) is 32.4 Å². The minimum atomic E-state index is -1.99. The molecular weight excluding hydrogens is 364 g/mol. The second-order valence-electron chi connectivity index (χ2n) is 9.15. The highest BCUT2D eigenvalue weighted by atomic mass is 35.5. The minimum absolute atomic E-state index is 0.0527. The van der Waals surface area contributed by atoms with E-state index in [-0.39, 0.29) is 28.5 Å². The average Bonchev–Trinajstić information content (AvgIpc) is 3.30. The van der Waals surface area contributed by atoms with Crippen molar-refractivity contribution in [2.75, 3.05) is 4.90 Å². The van der Waals surface area contributed by atoms with Crippen LogP contribution in [0.15, 0.2) is 18.2 Å². The normalized spacial score (nSPS) is 24.8. The molecule has 1 saturated carbocycles. The Labute approximate surface area is 162 Å². The van der Waals surface area contributed by atoms with E-state index in [9.17, 15) is 4.79 Å². The summed E-state index contributed by atoms with van der Waals surface area (Å²) in [5.74, 6) is 0.134. The summed E-state index contributed by atoms with van der Waals surface area (Å²) in [4.78, 5) is 15.1. The zero-order chi connectivity index (χ0) is 19.5. The number of anilines is 1. The molecule has 0 radical (unpaired) electrons. The van der Waals surface area contributed by atoms with Gasteiger partial charge in [-0.25, -0.2) is 0 Å². The maximum Gasteiger partial charge on any atom is 0.236 e. The van der Waals surface area contributed by atoms with Crippen LogP contribution in [0.1, 0.15) is 46.1 Å². The number of nitriles is 1. The fraction of sp³-hybridized carbons (Fsp3) is 0.600. The Morgan fingerprint density at radius 3 is 2.42 bits per heavy atom. The fourth-order valence-electron chi connectivity index (χ4n) is 3.58. The van der Waals surface area contributed by atoms with Crippen LogP contribution < -0.4 is 4.90 Å². The Bertz CT molecular complexity index is 790. The molecule has 2 fully saturated rings. The molecule has 1 saturated heterocycles. The monoisotopic (exact) mass is 390 g/mol. The molecule has 140 valence electrons. The second-order valence-corrected chi connectivity index (χ2v) is 14.3. The van der Waals surface area contributed by atoms with Crippen molar-refractivity contribution < 1.29 is 9.22 Å². The van der Waals surface area contributed by atoms with Gasteiger partial charge in [0.1, 0.15) is 6.07 Å². The van der Waals surface area contributed by atoms with Gasteiger partial charge in [-0.3, -0.25) is 4.79 Å². The lowest BCUT2D eigenvalue weighted by Gasteiger charge is -2.40. The number of carbonyl (C=O) groups excluding carboxylic acids is 1. The van der Waals surface area contributed by atoms with Gasteiger partial charge in [0.05, 0.1) is 28.1 Å². The number of amides is 1. The van der Waals surface area contributed by atoms with Crippen molar-refractivity contribution in [1.82, 2.24) is 0 Å². The standard InChI is InChI=1S/C20H27ClN2O2Si/c1-13-17(25-26(5,6)19(2,3)4)20(9-10-20)18(24)23(13)15-8-7-14(12-22)16(21)11-15/h7-8,11,13,17H,9-10H2,1-6H3/t13-,17-/m0/s1. The molecule has 26 heavy (non-hydrogen) atoms. The molecule has 1 spiro atoms. The van der Waals surface area contributed by atoms with Crippen LogP contribution in [-0.2, 0) is 9.22 Å². The van der Waals surface area contributed by atoms with Crippen molar-refractivity contribution in [3.05, 3.63) is 28.8 Å². The molecule has 2 atom stereocenters. The van der Waals surface area contributed by atoms with Crippen LogP contribution in [0, 0.1) is 16.7 Å². The van der Waals surface area contributed by atoms with Crippen molar-refractivity contribution >= 4 is 31.5 Å². The van der Waals surface area contributed by atoms with Crippen molar-refractivity contribution in [2.45, 2.75) is 70.8 Å². The summed E-state index contributed by atoms with van der Waals surface area (Å²) in [5.41, 5.74) is 0.791. The first-order valence-electron chi connectivity index (χ1n) is 9.16. The van der Waals surface area contributed by atoms with E-state index in [1.54, 1.807) is 12.1 Å². The summed E-state index contributed by atoms with van der Waals surface area (Å²) in [6.45, 7) is 13.2. The van der Waals surface area contributed by atoms with Crippen LogP contribution in [0.4, 0.5) is 5.69 Å². The topological polar surface area (TPSA) is 53.3 Å². The van der Waals surface area contributed by atoms with Crippen LogP contribution in [0.5, 0.6) is 0 Å². The Morgan fingerprint density at radius 2 is 1.96 bits per heavy atom. The van der Waals surface area contributed by atoms with Crippen LogP contribution in [0.2, 0.25) is 23.2 Å². The smallest absolute Gasteiger partial charge is 0.236 e. The summed E-state index contributed by atoms with van der Waals surface area (Å²) in [5, 5.41) is 9.56. The summed E-state index contributed by atoms with van der Waals surface area (Å²) in [7, 11) is -1.99. The maximum atomic E-state index is 13.3. The van der Waals surface area contributed by atoms with Gasteiger partial charge in [0, 0.05) is 5.69 Å². The van der Waals surface area contributed by atoms with Gasteiger partial charge in [0.15, 0.2) is 8.32 Å². The molecule has 1 heterocycles. The molecule has 3 rings (SSSR count). The van der Waals surface area contributed by atoms with E-state index >= 15 is 0 Å². The highest BCUT2D eigenvalue weighted by molar-refractivity contribution is 6.74. The van der Waals surface area contributed by atoms with Crippen LogP contribution >= 0.6 is 11.6 Å². The summed E-state index contributed by atoms with van der Waals surface area (Å²) in [6.07, 6.45) is 1.68. The number of carbonyl (C=O) groups is 1. The molecule has 2 aliphatic rings. The van der Waals surface area contributed by atoms with Crippen molar-refractivity contribution in [1.29, 1.82) is 5.26 Å². The minimum Gasteiger partial charge on any atom is -0.411 e. The van der Waals surface area contributed by atoms with Gasteiger partial charge >= 0.3 is 0 Å². The van der Waals surface area contributed by atoms with Gasteiger partial charge in [0.2, 0.25) is 5.91 Å². The van der Waals surface area contributed by atoms with Crippen LogP contribution in [0.3, 0.4) is 0 Å². The first-order valence-corrected chi connectivity index (χ1v) is 12.4. The zero-order valence-corrected chi connectivity index (χ0v) is 18.1. The molecule has 1 aliphatic carbocycles. The van der Waals surface area contributed by atoms with Gasteiger partial charge in [-0.05, 0) is 56.1 Å². The van der Waals surface area contributed by atoms with Gasteiger partial charge in [-0.15, -0.1) is 0 Å². The molecule has 4 nitrogen and oxygen atoms in total. The van der Waals surface area contributed by atoms with Gasteiger partial charge in [0.25, 0.3) is 0 Å². The Morgan fingerprint density at radius 1 is 1.35 bits per heavy atom. The lowest BCUT2D eigenvalue weighted by atomic mass is 9.99. The van der Waals surface area contributed by atoms with E-state index < -0.39 is 8.32 Å². The zero-order valence-electron chi connectivity index (χ0n) is 16.4. The number of hydrogen-bond acceptors (Lipinski definition) is 3. The lowest BCUT2D eigenvalue weighted by molar-refractivity contribution is -0.123. The Hall–Kier alpha value is -1.35. The van der Waals surface area contributed by atoms with Gasteiger partial charge < -0.3 is 9.33 Å². The lowest BCUT2D eigenvalue weighted by Crippen LogP contribution is -2.48. The Balaban J connectivity index is 1.95. The highest BCUT2D eigenvalue weighted by Crippen LogP contribution is 2.59. The predicted octanol–water partition coefficient (Wildman–Crippen LogP) is 5.12. The molecule has 0 bridgehead atoms. The first kappa shape index (κ1) is 19.4. The van der Waals surface area contributed by atoms with Crippen molar-refractivity contribution in [2.24, 2.45) is 5.41 Å². The first-order chi connectivity index (χ1) is 11.9. The molecule has 1 aromatic carbocycles. The summed E-state index contributed by atoms with van der Waals surface area (Å²) >= 11 is 6.21. The molecule has 1 aromatic rings. The maximum absolute atomic E-state index is 13.3. The number of rotatable bonds is 3. The third-order valence-corrected chi connectivity index (χ3v) is 11.2. The largest absolute Gasteiger partial charge is 0.411 e. The highest BCUT2D eigenvalue weighted by Gasteiger charge is 2.67. The number of benzene rings is 1. The molecule has 1 amide bonds. The van der Waals surface area contributed by atoms with Crippen LogP contribution in [0.25, 0.3) is 0 Å². The van der Waals surface area contributed by atoms with E-state index in [1.807, 2.05) is 11.0 Å². The van der Waals surface area contributed by atoms with Crippen LogP contribution in [-0.4, -0.2) is 26.4 Å². The SMILES string of the molecule is C[C@H]1[C@H](O[Si](C)(C)C(C)(C)C)C2(CC2)C(=O)N1c1ccc(C#N)c(Cl)c1.